The minimum absolute atomic E-state index is 0.0969. The lowest BCUT2D eigenvalue weighted by Crippen LogP contribution is -2.58. The first kappa shape index (κ1) is 24.3. The summed E-state index contributed by atoms with van der Waals surface area (Å²) in [6.07, 6.45) is 5.36. The van der Waals surface area contributed by atoms with Crippen molar-refractivity contribution < 1.29 is 23.8 Å². The number of hydrogen-bond donors (Lipinski definition) is 1. The summed E-state index contributed by atoms with van der Waals surface area (Å²) in [5.74, 6) is 1.42. The summed E-state index contributed by atoms with van der Waals surface area (Å²) in [5, 5.41) is 3.11. The van der Waals surface area contributed by atoms with Crippen molar-refractivity contribution in [3.05, 3.63) is 23.8 Å². The molecule has 1 aromatic rings. The largest absolute Gasteiger partial charge is 0.496 e. The lowest BCUT2D eigenvalue weighted by molar-refractivity contribution is -0.129. The fourth-order valence-electron chi connectivity index (χ4n) is 4.91. The van der Waals surface area contributed by atoms with Crippen LogP contribution in [0, 0.1) is 5.92 Å². The van der Waals surface area contributed by atoms with Crippen LogP contribution in [0.2, 0.25) is 0 Å². The molecule has 0 spiro atoms. The Balaban J connectivity index is 1.65. The third-order valence-electron chi connectivity index (χ3n) is 6.58. The van der Waals surface area contributed by atoms with Gasteiger partial charge < -0.3 is 24.4 Å². The standard InChI is InChI=1S/C24H37N3O5/c1-30-17-7-12-25-23(28)22(18-8-4-5-9-18)26-13-15-27(16-14-26)24(29)21-19(31-2)10-6-11-20(21)32-3/h6,10-11,18,22H,4-5,7-9,12-17H2,1-3H3,(H,25,28). The smallest absolute Gasteiger partial charge is 0.261 e. The highest BCUT2D eigenvalue weighted by molar-refractivity contribution is 5.99. The molecule has 1 atom stereocenters. The summed E-state index contributed by atoms with van der Waals surface area (Å²) in [6.45, 7) is 3.76. The molecule has 0 radical (unpaired) electrons. The molecule has 1 saturated carbocycles. The van der Waals surface area contributed by atoms with Crippen molar-refractivity contribution >= 4 is 11.8 Å². The predicted octanol–water partition coefficient (Wildman–Crippen LogP) is 2.17. The fraction of sp³-hybridized carbons (Fsp3) is 0.667. The molecular weight excluding hydrogens is 410 g/mol. The summed E-state index contributed by atoms with van der Waals surface area (Å²) >= 11 is 0. The van der Waals surface area contributed by atoms with Gasteiger partial charge in [-0.2, -0.15) is 0 Å². The van der Waals surface area contributed by atoms with Gasteiger partial charge in [-0.05, 0) is 37.3 Å². The minimum Gasteiger partial charge on any atom is -0.496 e. The van der Waals surface area contributed by atoms with Crippen LogP contribution in [0.4, 0.5) is 0 Å². The van der Waals surface area contributed by atoms with Crippen LogP contribution in [0.25, 0.3) is 0 Å². The maximum absolute atomic E-state index is 13.3. The van der Waals surface area contributed by atoms with E-state index in [-0.39, 0.29) is 17.9 Å². The third-order valence-corrected chi connectivity index (χ3v) is 6.58. The van der Waals surface area contributed by atoms with Gasteiger partial charge in [-0.25, -0.2) is 0 Å². The number of hydrogen-bond acceptors (Lipinski definition) is 6. The number of rotatable bonds is 10. The quantitative estimate of drug-likeness (QED) is 0.554. The molecule has 1 unspecified atom stereocenters. The fourth-order valence-corrected chi connectivity index (χ4v) is 4.91. The number of carbonyl (C=O) groups excluding carboxylic acids is 2. The topological polar surface area (TPSA) is 80.3 Å². The van der Waals surface area contributed by atoms with Crippen LogP contribution in [-0.4, -0.2) is 88.3 Å². The Morgan fingerprint density at radius 2 is 1.66 bits per heavy atom. The first-order valence-electron chi connectivity index (χ1n) is 11.6. The summed E-state index contributed by atoms with van der Waals surface area (Å²) in [7, 11) is 4.78. The lowest BCUT2D eigenvalue weighted by atomic mass is 9.95. The molecule has 8 nitrogen and oxygen atoms in total. The Morgan fingerprint density at radius 1 is 1.03 bits per heavy atom. The zero-order chi connectivity index (χ0) is 22.9. The van der Waals surface area contributed by atoms with Crippen molar-refractivity contribution in [1.82, 2.24) is 15.1 Å². The Labute approximate surface area is 191 Å². The predicted molar refractivity (Wildman–Crippen MR) is 122 cm³/mol. The number of carbonyl (C=O) groups is 2. The third kappa shape index (κ3) is 5.72. The number of nitrogens with zero attached hydrogens (tertiary/aromatic N) is 2. The molecule has 3 rings (SSSR count). The van der Waals surface area contributed by atoms with Gasteiger partial charge in [-0.3, -0.25) is 14.5 Å². The second kappa shape index (κ2) is 12.1. The molecular formula is C24H37N3O5. The normalized spacial score (nSPS) is 18.4. The van der Waals surface area contributed by atoms with E-state index in [1.807, 2.05) is 11.0 Å². The SMILES string of the molecule is COCCCNC(=O)C(C1CCCC1)N1CCN(C(=O)c2c(OC)cccc2OC)CC1. The number of amides is 2. The molecule has 32 heavy (non-hydrogen) atoms. The van der Waals surface area contributed by atoms with Gasteiger partial charge in [0, 0.05) is 46.4 Å². The summed E-state index contributed by atoms with van der Waals surface area (Å²) in [5.41, 5.74) is 0.453. The van der Waals surface area contributed by atoms with E-state index in [1.165, 1.54) is 12.8 Å². The Bertz CT molecular complexity index is 736. The van der Waals surface area contributed by atoms with E-state index in [4.69, 9.17) is 14.2 Å². The van der Waals surface area contributed by atoms with E-state index < -0.39 is 0 Å². The lowest BCUT2D eigenvalue weighted by Gasteiger charge is -2.41. The van der Waals surface area contributed by atoms with Gasteiger partial charge in [0.1, 0.15) is 17.1 Å². The van der Waals surface area contributed by atoms with Crippen molar-refractivity contribution in [2.75, 3.05) is 60.7 Å². The van der Waals surface area contributed by atoms with Crippen LogP contribution in [0.3, 0.4) is 0 Å². The van der Waals surface area contributed by atoms with E-state index in [0.29, 0.717) is 62.3 Å². The van der Waals surface area contributed by atoms with E-state index in [2.05, 4.69) is 10.2 Å². The van der Waals surface area contributed by atoms with Crippen LogP contribution < -0.4 is 14.8 Å². The molecule has 0 bridgehead atoms. The van der Waals surface area contributed by atoms with Gasteiger partial charge in [0.25, 0.3) is 5.91 Å². The summed E-state index contributed by atoms with van der Waals surface area (Å²) in [4.78, 5) is 30.5. The van der Waals surface area contributed by atoms with E-state index in [1.54, 1.807) is 33.5 Å². The first-order chi connectivity index (χ1) is 15.6. The van der Waals surface area contributed by atoms with Gasteiger partial charge >= 0.3 is 0 Å². The van der Waals surface area contributed by atoms with Gasteiger partial charge in [-0.1, -0.05) is 18.9 Å². The Hall–Kier alpha value is -2.32. The van der Waals surface area contributed by atoms with Gasteiger partial charge in [0.15, 0.2) is 0 Å². The number of ether oxygens (including phenoxy) is 3. The van der Waals surface area contributed by atoms with Gasteiger partial charge in [0.05, 0.1) is 20.3 Å². The number of benzene rings is 1. The maximum Gasteiger partial charge on any atom is 0.261 e. The second-order valence-electron chi connectivity index (χ2n) is 8.49. The highest BCUT2D eigenvalue weighted by atomic mass is 16.5. The zero-order valence-electron chi connectivity index (χ0n) is 19.6. The van der Waals surface area contributed by atoms with Gasteiger partial charge in [-0.15, -0.1) is 0 Å². The van der Waals surface area contributed by atoms with Crippen LogP contribution in [-0.2, 0) is 9.53 Å². The van der Waals surface area contributed by atoms with Crippen LogP contribution in [0.1, 0.15) is 42.5 Å². The highest BCUT2D eigenvalue weighted by Gasteiger charge is 2.37. The maximum atomic E-state index is 13.3. The van der Waals surface area contributed by atoms with Crippen LogP contribution in [0.15, 0.2) is 18.2 Å². The molecule has 1 aromatic carbocycles. The van der Waals surface area contributed by atoms with Crippen molar-refractivity contribution in [1.29, 1.82) is 0 Å². The van der Waals surface area contributed by atoms with Crippen molar-refractivity contribution in [2.45, 2.75) is 38.1 Å². The molecule has 1 saturated heterocycles. The van der Waals surface area contributed by atoms with Crippen LogP contribution >= 0.6 is 0 Å². The monoisotopic (exact) mass is 447 g/mol. The zero-order valence-corrected chi connectivity index (χ0v) is 19.6. The number of nitrogens with one attached hydrogen (secondary N) is 1. The van der Waals surface area contributed by atoms with E-state index in [0.717, 1.165) is 19.3 Å². The summed E-state index contributed by atoms with van der Waals surface area (Å²) in [6, 6.07) is 5.23. The van der Waals surface area contributed by atoms with Crippen molar-refractivity contribution in [3.8, 4) is 11.5 Å². The van der Waals surface area contributed by atoms with Gasteiger partial charge in [0.2, 0.25) is 5.91 Å². The van der Waals surface area contributed by atoms with Crippen molar-refractivity contribution in [3.63, 3.8) is 0 Å². The van der Waals surface area contributed by atoms with E-state index >= 15 is 0 Å². The second-order valence-corrected chi connectivity index (χ2v) is 8.49. The molecule has 2 aliphatic rings. The molecule has 1 heterocycles. The molecule has 2 amide bonds. The molecule has 1 N–H and O–H groups in total. The Morgan fingerprint density at radius 3 is 2.22 bits per heavy atom. The molecule has 0 aromatic heterocycles. The average Bonchev–Trinajstić information content (AvgIpc) is 3.35. The number of piperazine rings is 1. The van der Waals surface area contributed by atoms with Crippen LogP contribution in [0.5, 0.6) is 11.5 Å². The molecule has 1 aliphatic carbocycles. The number of methoxy groups -OCH3 is 3. The summed E-state index contributed by atoms with van der Waals surface area (Å²) < 4.78 is 15.9. The average molecular weight is 448 g/mol. The molecule has 8 heteroatoms. The molecule has 1 aliphatic heterocycles. The minimum atomic E-state index is -0.127. The van der Waals surface area contributed by atoms with E-state index in [9.17, 15) is 9.59 Å². The first-order valence-corrected chi connectivity index (χ1v) is 11.6. The molecule has 2 fully saturated rings. The molecule has 178 valence electrons. The van der Waals surface area contributed by atoms with Crippen molar-refractivity contribution in [2.24, 2.45) is 5.92 Å². The highest BCUT2D eigenvalue weighted by Crippen LogP contribution is 2.32. The Kier molecular flexibility index (Phi) is 9.17.